The molecule has 1 aromatic rings. The first kappa shape index (κ1) is 14.3. The lowest BCUT2D eigenvalue weighted by molar-refractivity contribution is -0.120. The summed E-state index contributed by atoms with van der Waals surface area (Å²) in [7, 11) is -2.22. The Morgan fingerprint density at radius 3 is 2.61 bits per heavy atom. The van der Waals surface area contributed by atoms with Crippen molar-refractivity contribution in [2.45, 2.75) is 11.3 Å². The van der Waals surface area contributed by atoms with Crippen LogP contribution in [0.3, 0.4) is 0 Å². The summed E-state index contributed by atoms with van der Waals surface area (Å²) >= 11 is 0. The summed E-state index contributed by atoms with van der Waals surface area (Å²) in [6.07, 6.45) is 0.259. The fourth-order valence-corrected chi connectivity index (χ4v) is 1.84. The highest BCUT2D eigenvalue weighted by molar-refractivity contribution is 7.89. The van der Waals surface area contributed by atoms with Crippen LogP contribution in [-0.4, -0.2) is 27.9 Å². The minimum absolute atomic E-state index is 0.0286. The number of primary sulfonamides is 1. The topological polar surface area (TPSA) is 127 Å². The van der Waals surface area contributed by atoms with Gasteiger partial charge in [-0.3, -0.25) is 4.79 Å². The smallest absolute Gasteiger partial charge is 0.238 e. The van der Waals surface area contributed by atoms with E-state index in [-0.39, 0.29) is 17.2 Å². The molecule has 0 aliphatic rings. The number of anilines is 2. The molecule has 0 aliphatic heterocycles. The number of carbonyl (C=O) groups is 1. The molecular weight excluding hydrogens is 256 g/mol. The fourth-order valence-electron chi connectivity index (χ4n) is 1.30. The molecule has 0 aliphatic carbocycles. The Hall–Kier alpha value is -1.80. The van der Waals surface area contributed by atoms with Gasteiger partial charge in [-0.2, -0.15) is 0 Å². The van der Waals surface area contributed by atoms with E-state index in [4.69, 9.17) is 10.9 Å². The molecule has 1 amide bonds. The van der Waals surface area contributed by atoms with Crippen LogP contribution in [0.15, 0.2) is 23.1 Å². The van der Waals surface area contributed by atoms with Crippen molar-refractivity contribution in [3.8, 4) is 0 Å². The molecule has 1 rings (SSSR count). The number of rotatable bonds is 5. The molecule has 0 fully saturated rings. The van der Waals surface area contributed by atoms with Crippen LogP contribution < -0.4 is 21.5 Å². The summed E-state index contributed by atoms with van der Waals surface area (Å²) in [5.74, 6) is -0.122. The summed E-state index contributed by atoms with van der Waals surface area (Å²) in [4.78, 5) is 11.0. The lowest BCUT2D eigenvalue weighted by Crippen LogP contribution is -2.21. The van der Waals surface area contributed by atoms with Gasteiger partial charge in [-0.05, 0) is 18.2 Å². The predicted molar refractivity (Wildman–Crippen MR) is 69.4 cm³/mol. The Morgan fingerprint density at radius 2 is 2.06 bits per heavy atom. The second-order valence-corrected chi connectivity index (χ2v) is 5.21. The van der Waals surface area contributed by atoms with Crippen molar-refractivity contribution in [1.29, 1.82) is 0 Å². The van der Waals surface area contributed by atoms with Crippen LogP contribution in [0.1, 0.15) is 6.42 Å². The van der Waals surface area contributed by atoms with Gasteiger partial charge in [0, 0.05) is 20.0 Å². The van der Waals surface area contributed by atoms with E-state index in [0.717, 1.165) is 0 Å². The van der Waals surface area contributed by atoms with Crippen molar-refractivity contribution in [1.82, 2.24) is 5.32 Å². The molecule has 18 heavy (non-hydrogen) atoms. The quantitative estimate of drug-likeness (QED) is 0.535. The van der Waals surface area contributed by atoms with Gasteiger partial charge in [-0.15, -0.1) is 0 Å². The molecule has 8 heteroatoms. The van der Waals surface area contributed by atoms with Gasteiger partial charge in [0.25, 0.3) is 0 Å². The molecule has 7 nitrogen and oxygen atoms in total. The Morgan fingerprint density at radius 1 is 1.39 bits per heavy atom. The van der Waals surface area contributed by atoms with Gasteiger partial charge >= 0.3 is 0 Å². The average molecular weight is 272 g/mol. The zero-order valence-electron chi connectivity index (χ0n) is 9.93. The first-order chi connectivity index (χ1) is 8.34. The number of hydrogen-bond donors (Lipinski definition) is 4. The zero-order chi connectivity index (χ0) is 13.8. The summed E-state index contributed by atoms with van der Waals surface area (Å²) < 4.78 is 22.3. The number of carbonyl (C=O) groups excluding carboxylic acids is 1. The second-order valence-electron chi connectivity index (χ2n) is 3.64. The van der Waals surface area contributed by atoms with Crippen molar-refractivity contribution in [2.75, 3.05) is 24.6 Å². The van der Waals surface area contributed by atoms with E-state index in [9.17, 15) is 13.2 Å². The summed E-state index contributed by atoms with van der Waals surface area (Å²) in [5, 5.41) is 10.4. The molecule has 100 valence electrons. The monoisotopic (exact) mass is 272 g/mol. The van der Waals surface area contributed by atoms with E-state index in [2.05, 4.69) is 10.6 Å². The van der Waals surface area contributed by atoms with Crippen LogP contribution in [0, 0.1) is 0 Å². The van der Waals surface area contributed by atoms with Gasteiger partial charge in [-0.25, -0.2) is 13.6 Å². The van der Waals surface area contributed by atoms with Gasteiger partial charge in [-0.1, -0.05) is 0 Å². The largest absolute Gasteiger partial charge is 0.397 e. The van der Waals surface area contributed by atoms with Crippen molar-refractivity contribution in [2.24, 2.45) is 5.14 Å². The molecule has 0 spiro atoms. The zero-order valence-corrected chi connectivity index (χ0v) is 10.8. The Kier molecular flexibility index (Phi) is 4.51. The number of nitrogens with one attached hydrogen (secondary N) is 2. The first-order valence-corrected chi connectivity index (χ1v) is 6.76. The highest BCUT2D eigenvalue weighted by atomic mass is 32.2. The molecule has 0 aromatic heterocycles. The maximum Gasteiger partial charge on any atom is 0.238 e. The van der Waals surface area contributed by atoms with Crippen LogP contribution in [0.5, 0.6) is 0 Å². The normalized spacial score (nSPS) is 11.0. The number of nitrogen functional groups attached to an aromatic ring is 1. The Balaban J connectivity index is 2.79. The molecule has 0 saturated heterocycles. The van der Waals surface area contributed by atoms with Crippen molar-refractivity contribution >= 4 is 27.3 Å². The average Bonchev–Trinajstić information content (AvgIpc) is 2.29. The number of benzene rings is 1. The molecule has 6 N–H and O–H groups in total. The number of amides is 1. The molecular formula is C10H16N4O3S. The van der Waals surface area contributed by atoms with Crippen LogP contribution in [0.25, 0.3) is 0 Å². The van der Waals surface area contributed by atoms with Gasteiger partial charge in [0.15, 0.2) is 0 Å². The van der Waals surface area contributed by atoms with Gasteiger partial charge in [0.2, 0.25) is 15.9 Å². The molecule has 0 heterocycles. The van der Waals surface area contributed by atoms with Gasteiger partial charge in [0.05, 0.1) is 16.3 Å². The summed E-state index contributed by atoms with van der Waals surface area (Å²) in [6, 6.07) is 4.12. The van der Waals surface area contributed by atoms with E-state index in [0.29, 0.717) is 17.9 Å². The van der Waals surface area contributed by atoms with E-state index in [1.807, 2.05) is 0 Å². The molecule has 0 atom stereocenters. The number of nitrogens with two attached hydrogens (primary N) is 2. The predicted octanol–water partition coefficient (Wildman–Crippen LogP) is -0.536. The van der Waals surface area contributed by atoms with Crippen LogP contribution >= 0.6 is 0 Å². The molecule has 0 radical (unpaired) electrons. The molecule has 0 unspecified atom stereocenters. The third-order valence-corrected chi connectivity index (χ3v) is 3.21. The Bertz CT molecular complexity index is 542. The summed E-state index contributed by atoms with van der Waals surface area (Å²) in [5.41, 5.74) is 6.51. The molecule has 1 aromatic carbocycles. The van der Waals surface area contributed by atoms with E-state index in [1.54, 1.807) is 0 Å². The van der Waals surface area contributed by atoms with Crippen molar-refractivity contribution in [3.63, 3.8) is 0 Å². The maximum atomic E-state index is 11.2. The SMILES string of the molecule is CNC(=O)CCNc1cc(S(N)(=O)=O)ccc1N. The Labute approximate surface area is 106 Å². The van der Waals surface area contributed by atoms with Gasteiger partial charge in [0.1, 0.15) is 0 Å². The fraction of sp³-hybridized carbons (Fsp3) is 0.300. The maximum absolute atomic E-state index is 11.2. The van der Waals surface area contributed by atoms with Crippen molar-refractivity contribution in [3.05, 3.63) is 18.2 Å². The third kappa shape index (κ3) is 3.90. The number of hydrogen-bond acceptors (Lipinski definition) is 5. The van der Waals surface area contributed by atoms with Crippen LogP contribution in [0.4, 0.5) is 11.4 Å². The van der Waals surface area contributed by atoms with Crippen molar-refractivity contribution < 1.29 is 13.2 Å². The van der Waals surface area contributed by atoms with E-state index < -0.39 is 10.0 Å². The third-order valence-electron chi connectivity index (χ3n) is 2.30. The minimum atomic E-state index is -3.76. The highest BCUT2D eigenvalue weighted by Crippen LogP contribution is 2.21. The lowest BCUT2D eigenvalue weighted by Gasteiger charge is -2.10. The van der Waals surface area contributed by atoms with E-state index in [1.165, 1.54) is 25.2 Å². The second kappa shape index (κ2) is 5.69. The summed E-state index contributed by atoms with van der Waals surface area (Å²) in [6.45, 7) is 0.345. The van der Waals surface area contributed by atoms with Crippen LogP contribution in [-0.2, 0) is 14.8 Å². The first-order valence-electron chi connectivity index (χ1n) is 5.21. The van der Waals surface area contributed by atoms with E-state index >= 15 is 0 Å². The number of sulfonamides is 1. The minimum Gasteiger partial charge on any atom is -0.397 e. The standard InChI is InChI=1S/C10H16N4O3S/c1-13-10(15)4-5-14-9-6-7(18(12,16)17)2-3-8(9)11/h2-3,6,14H,4-5,11H2,1H3,(H,13,15)(H2,12,16,17). The highest BCUT2D eigenvalue weighted by Gasteiger charge is 2.10. The van der Waals surface area contributed by atoms with Gasteiger partial charge < -0.3 is 16.4 Å². The van der Waals surface area contributed by atoms with Crippen LogP contribution in [0.2, 0.25) is 0 Å². The lowest BCUT2D eigenvalue weighted by atomic mass is 10.2. The molecule has 0 saturated carbocycles. The molecule has 0 bridgehead atoms.